The van der Waals surface area contributed by atoms with Crippen LogP contribution in [0.15, 0.2) is 0 Å². The first-order valence-corrected chi connectivity index (χ1v) is 7.81. The van der Waals surface area contributed by atoms with E-state index >= 15 is 0 Å². The Morgan fingerprint density at radius 3 is 2.60 bits per heavy atom. The Kier molecular flexibility index (Phi) is 6.31. The summed E-state index contributed by atoms with van der Waals surface area (Å²) in [6.07, 6.45) is 2.12. The number of nitrogens with zero attached hydrogens (tertiary/aromatic N) is 2. The molecule has 1 saturated heterocycles. The Hall–Kier alpha value is -0.770. The van der Waals surface area contributed by atoms with Crippen LogP contribution >= 0.6 is 0 Å². The summed E-state index contributed by atoms with van der Waals surface area (Å²) in [6.45, 7) is 14.5. The Labute approximate surface area is 124 Å². The zero-order valence-corrected chi connectivity index (χ0v) is 14.1. The van der Waals surface area contributed by atoms with Gasteiger partial charge in [-0.3, -0.25) is 0 Å². The monoisotopic (exact) mass is 284 g/mol. The molecule has 1 rings (SSSR count). The molecular formula is C16H32N2O2. The molecule has 0 aliphatic carbocycles. The second-order valence-corrected chi connectivity index (χ2v) is 7.75. The minimum absolute atomic E-state index is 0.0221. The maximum absolute atomic E-state index is 11.8. The van der Waals surface area contributed by atoms with Crippen molar-refractivity contribution in [3.8, 4) is 0 Å². The zero-order chi connectivity index (χ0) is 15.3. The van der Waals surface area contributed by atoms with Crippen LogP contribution in [-0.2, 0) is 4.74 Å². The van der Waals surface area contributed by atoms with E-state index < -0.39 is 0 Å². The summed E-state index contributed by atoms with van der Waals surface area (Å²) in [4.78, 5) is 15.9. The fraction of sp³-hybridized carbons (Fsp3) is 0.938. The molecule has 4 nitrogen and oxygen atoms in total. The van der Waals surface area contributed by atoms with Gasteiger partial charge in [-0.25, -0.2) is 4.79 Å². The van der Waals surface area contributed by atoms with E-state index in [1.165, 1.54) is 6.42 Å². The average Bonchev–Trinajstić information content (AvgIpc) is 2.55. The molecule has 118 valence electrons. The number of likely N-dealkylation sites (N-methyl/N-ethyl adjacent to an activating group) is 1. The topological polar surface area (TPSA) is 32.8 Å². The Morgan fingerprint density at radius 1 is 1.40 bits per heavy atom. The second kappa shape index (κ2) is 7.30. The first-order valence-electron chi connectivity index (χ1n) is 7.81. The lowest BCUT2D eigenvalue weighted by Crippen LogP contribution is -2.37. The molecule has 0 aromatic rings. The Morgan fingerprint density at radius 2 is 2.05 bits per heavy atom. The summed E-state index contributed by atoms with van der Waals surface area (Å²) in [6, 6.07) is 0. The summed E-state index contributed by atoms with van der Waals surface area (Å²) < 4.78 is 5.46. The molecule has 1 atom stereocenters. The highest BCUT2D eigenvalue weighted by Gasteiger charge is 2.31. The van der Waals surface area contributed by atoms with Gasteiger partial charge >= 0.3 is 6.09 Å². The number of carbonyl (C=O) groups excluding carboxylic acids is 1. The minimum Gasteiger partial charge on any atom is -0.443 e. The van der Waals surface area contributed by atoms with E-state index in [4.69, 9.17) is 4.74 Å². The van der Waals surface area contributed by atoms with Crippen LogP contribution in [0.25, 0.3) is 0 Å². The quantitative estimate of drug-likeness (QED) is 0.719. The molecule has 0 spiro atoms. The van der Waals surface area contributed by atoms with Gasteiger partial charge in [-0.15, -0.1) is 0 Å². The van der Waals surface area contributed by atoms with E-state index in [-0.39, 0.29) is 17.6 Å². The number of hydrogen-bond donors (Lipinski definition) is 0. The van der Waals surface area contributed by atoms with Crippen LogP contribution < -0.4 is 0 Å². The van der Waals surface area contributed by atoms with Gasteiger partial charge in [0.05, 0.1) is 6.54 Å². The molecule has 0 unspecified atom stereocenters. The third-order valence-electron chi connectivity index (χ3n) is 3.42. The lowest BCUT2D eigenvalue weighted by molar-refractivity contribution is 0.103. The number of ether oxygens (including phenoxy) is 1. The molecule has 0 radical (unpaired) electrons. The molecule has 0 aromatic carbocycles. The van der Waals surface area contributed by atoms with Gasteiger partial charge in [-0.05, 0) is 31.2 Å². The van der Waals surface area contributed by atoms with E-state index in [1.54, 1.807) is 0 Å². The number of amides is 1. The van der Waals surface area contributed by atoms with Gasteiger partial charge in [-0.1, -0.05) is 34.6 Å². The molecule has 1 aliphatic rings. The molecule has 0 bridgehead atoms. The SMILES string of the molecule is CC(C)CCCN1C[C@H](CN(C)CC(C)(C)C)OC1=O. The van der Waals surface area contributed by atoms with Gasteiger partial charge in [-0.2, -0.15) is 0 Å². The van der Waals surface area contributed by atoms with E-state index in [2.05, 4.69) is 46.6 Å². The molecule has 0 saturated carbocycles. The van der Waals surface area contributed by atoms with Gasteiger partial charge in [0, 0.05) is 19.6 Å². The highest BCUT2D eigenvalue weighted by molar-refractivity contribution is 5.69. The molecule has 4 heteroatoms. The summed E-state index contributed by atoms with van der Waals surface area (Å²) in [7, 11) is 2.10. The van der Waals surface area contributed by atoms with Crippen molar-refractivity contribution in [2.45, 2.75) is 53.6 Å². The van der Waals surface area contributed by atoms with Crippen molar-refractivity contribution in [1.29, 1.82) is 0 Å². The lowest BCUT2D eigenvalue weighted by Gasteiger charge is -2.27. The minimum atomic E-state index is -0.136. The van der Waals surface area contributed by atoms with Crippen LogP contribution in [0.2, 0.25) is 0 Å². The van der Waals surface area contributed by atoms with Gasteiger partial charge in [0.1, 0.15) is 6.10 Å². The molecule has 1 heterocycles. The highest BCUT2D eigenvalue weighted by Crippen LogP contribution is 2.17. The van der Waals surface area contributed by atoms with Crippen LogP contribution in [0.3, 0.4) is 0 Å². The molecule has 1 fully saturated rings. The third kappa shape index (κ3) is 6.60. The van der Waals surface area contributed by atoms with Gasteiger partial charge in [0.15, 0.2) is 0 Å². The largest absolute Gasteiger partial charge is 0.443 e. The molecular weight excluding hydrogens is 252 g/mol. The van der Waals surface area contributed by atoms with Crippen molar-refractivity contribution in [3.05, 3.63) is 0 Å². The van der Waals surface area contributed by atoms with Gasteiger partial charge in [0.2, 0.25) is 0 Å². The van der Waals surface area contributed by atoms with E-state index in [0.29, 0.717) is 5.92 Å². The Balaban J connectivity index is 2.31. The number of hydrogen-bond acceptors (Lipinski definition) is 3. The summed E-state index contributed by atoms with van der Waals surface area (Å²) in [5, 5.41) is 0. The van der Waals surface area contributed by atoms with E-state index in [1.807, 2.05) is 4.90 Å². The predicted molar refractivity (Wildman–Crippen MR) is 82.9 cm³/mol. The van der Waals surface area contributed by atoms with Crippen molar-refractivity contribution in [2.75, 3.05) is 33.2 Å². The highest BCUT2D eigenvalue weighted by atomic mass is 16.6. The van der Waals surface area contributed by atoms with Crippen molar-refractivity contribution in [3.63, 3.8) is 0 Å². The summed E-state index contributed by atoms with van der Waals surface area (Å²) in [5.74, 6) is 0.697. The van der Waals surface area contributed by atoms with Gasteiger partial charge in [0.25, 0.3) is 0 Å². The standard InChI is InChI=1S/C16H32N2O2/c1-13(2)8-7-9-18-11-14(20-15(18)19)10-17(6)12-16(3,4)5/h13-14H,7-12H2,1-6H3/t14-/m0/s1. The molecule has 1 aliphatic heterocycles. The fourth-order valence-corrected chi connectivity index (χ4v) is 2.76. The zero-order valence-electron chi connectivity index (χ0n) is 14.1. The van der Waals surface area contributed by atoms with Crippen molar-refractivity contribution >= 4 is 6.09 Å². The smallest absolute Gasteiger partial charge is 0.410 e. The number of cyclic esters (lactones) is 1. The van der Waals surface area contributed by atoms with Crippen molar-refractivity contribution in [2.24, 2.45) is 11.3 Å². The van der Waals surface area contributed by atoms with Crippen LogP contribution in [0, 0.1) is 11.3 Å². The second-order valence-electron chi connectivity index (χ2n) is 7.75. The van der Waals surface area contributed by atoms with E-state index in [9.17, 15) is 4.79 Å². The first kappa shape index (κ1) is 17.3. The van der Waals surface area contributed by atoms with Crippen LogP contribution in [0.5, 0.6) is 0 Å². The molecule has 1 amide bonds. The van der Waals surface area contributed by atoms with Crippen molar-refractivity contribution in [1.82, 2.24) is 9.80 Å². The van der Waals surface area contributed by atoms with Crippen LogP contribution in [0.1, 0.15) is 47.5 Å². The molecule has 20 heavy (non-hydrogen) atoms. The third-order valence-corrected chi connectivity index (χ3v) is 3.42. The average molecular weight is 284 g/mol. The van der Waals surface area contributed by atoms with Crippen LogP contribution in [-0.4, -0.2) is 55.2 Å². The Bertz CT molecular complexity index is 310. The van der Waals surface area contributed by atoms with Crippen molar-refractivity contribution < 1.29 is 9.53 Å². The molecule has 0 aromatic heterocycles. The first-order chi connectivity index (χ1) is 9.17. The normalized spacial score (nSPS) is 20.1. The van der Waals surface area contributed by atoms with Gasteiger partial charge < -0.3 is 14.5 Å². The number of rotatable bonds is 7. The number of carbonyl (C=O) groups is 1. The maximum Gasteiger partial charge on any atom is 0.410 e. The predicted octanol–water partition coefficient (Wildman–Crippen LogP) is 3.22. The van der Waals surface area contributed by atoms with E-state index in [0.717, 1.165) is 32.6 Å². The summed E-state index contributed by atoms with van der Waals surface area (Å²) in [5.41, 5.74) is 0.272. The van der Waals surface area contributed by atoms with Crippen LogP contribution in [0.4, 0.5) is 4.79 Å². The lowest BCUT2D eigenvalue weighted by atomic mass is 9.96. The summed E-state index contributed by atoms with van der Waals surface area (Å²) >= 11 is 0. The molecule has 0 N–H and O–H groups in total. The maximum atomic E-state index is 11.8. The fourth-order valence-electron chi connectivity index (χ4n) is 2.76.